The summed E-state index contributed by atoms with van der Waals surface area (Å²) in [6.45, 7) is 2.24. The second kappa shape index (κ2) is 5.07. The molecule has 0 saturated carbocycles. The molecule has 0 aliphatic heterocycles. The van der Waals surface area contributed by atoms with Gasteiger partial charge >= 0.3 is 0 Å². The zero-order chi connectivity index (χ0) is 11.4. The number of carbonyl (C=O) groups is 1. The number of carbonyl (C=O) groups excluding carboxylic acids is 1. The van der Waals surface area contributed by atoms with Crippen LogP contribution in [-0.2, 0) is 4.79 Å². The Bertz CT molecular complexity index is 459. The second-order valence-corrected chi connectivity index (χ2v) is 4.69. The molecule has 0 saturated heterocycles. The van der Waals surface area contributed by atoms with Gasteiger partial charge in [0, 0.05) is 30.1 Å². The number of aromatic nitrogens is 1. The van der Waals surface area contributed by atoms with Crippen molar-refractivity contribution in [2.75, 3.05) is 12.3 Å². The van der Waals surface area contributed by atoms with Crippen LogP contribution in [0, 0.1) is 0 Å². The van der Waals surface area contributed by atoms with Gasteiger partial charge in [-0.3, -0.25) is 4.79 Å². The number of thioether (sulfide) groups is 1. The van der Waals surface area contributed by atoms with Gasteiger partial charge in [-0.2, -0.15) is 0 Å². The average Bonchev–Trinajstić information content (AvgIpc) is 2.66. The molecule has 16 heavy (non-hydrogen) atoms. The number of hydrogen-bond acceptors (Lipinski definition) is 2. The van der Waals surface area contributed by atoms with E-state index in [2.05, 4.69) is 28.5 Å². The number of H-pyrrole nitrogens is 1. The standard InChI is InChI=1S/C12H14N2OS/c1-9(15)13-6-7-16-12-8-10-4-2-3-5-11(10)14-12/h2-5,8,14H,6-7H2,1H3,(H,13,15). The molecule has 0 atom stereocenters. The first-order valence-corrected chi connectivity index (χ1v) is 6.19. The molecule has 1 amide bonds. The SMILES string of the molecule is CC(=O)NCCSc1cc2ccccc2[nH]1. The molecule has 1 aromatic heterocycles. The number of para-hydroxylation sites is 1. The fourth-order valence-corrected chi connectivity index (χ4v) is 2.33. The van der Waals surface area contributed by atoms with Gasteiger partial charge in [0.15, 0.2) is 0 Å². The van der Waals surface area contributed by atoms with Gasteiger partial charge < -0.3 is 10.3 Å². The van der Waals surface area contributed by atoms with E-state index in [1.807, 2.05) is 12.1 Å². The van der Waals surface area contributed by atoms with Crippen molar-refractivity contribution in [2.24, 2.45) is 0 Å². The third-order valence-electron chi connectivity index (χ3n) is 2.24. The molecular formula is C12H14N2OS. The van der Waals surface area contributed by atoms with Crippen molar-refractivity contribution in [3.05, 3.63) is 30.3 Å². The second-order valence-electron chi connectivity index (χ2n) is 3.55. The van der Waals surface area contributed by atoms with E-state index in [-0.39, 0.29) is 5.91 Å². The first-order valence-electron chi connectivity index (χ1n) is 5.21. The van der Waals surface area contributed by atoms with Gasteiger partial charge in [0.05, 0.1) is 5.03 Å². The summed E-state index contributed by atoms with van der Waals surface area (Å²) in [5.74, 6) is 0.907. The Morgan fingerprint density at radius 1 is 1.44 bits per heavy atom. The van der Waals surface area contributed by atoms with Gasteiger partial charge in [-0.15, -0.1) is 11.8 Å². The molecule has 0 unspecified atom stereocenters. The van der Waals surface area contributed by atoms with Gasteiger partial charge in [-0.1, -0.05) is 18.2 Å². The number of aromatic amines is 1. The fraction of sp³-hybridized carbons (Fsp3) is 0.250. The molecule has 3 nitrogen and oxygen atoms in total. The molecule has 0 aliphatic carbocycles. The van der Waals surface area contributed by atoms with Crippen molar-refractivity contribution < 1.29 is 4.79 Å². The lowest BCUT2D eigenvalue weighted by Crippen LogP contribution is -2.22. The first-order chi connectivity index (χ1) is 7.75. The summed E-state index contributed by atoms with van der Waals surface area (Å²) >= 11 is 1.72. The van der Waals surface area contributed by atoms with Gasteiger partial charge in [0.25, 0.3) is 0 Å². The Morgan fingerprint density at radius 2 is 2.25 bits per heavy atom. The number of nitrogens with one attached hydrogen (secondary N) is 2. The van der Waals surface area contributed by atoms with Crippen LogP contribution < -0.4 is 5.32 Å². The molecule has 4 heteroatoms. The maximum Gasteiger partial charge on any atom is 0.216 e. The van der Waals surface area contributed by atoms with Crippen LogP contribution in [0.3, 0.4) is 0 Å². The maximum absolute atomic E-state index is 10.7. The average molecular weight is 234 g/mol. The third-order valence-corrected chi connectivity index (χ3v) is 3.18. The van der Waals surface area contributed by atoms with E-state index in [1.165, 1.54) is 12.3 Å². The first kappa shape index (κ1) is 11.1. The Hall–Kier alpha value is -1.42. The van der Waals surface area contributed by atoms with Crippen LogP contribution >= 0.6 is 11.8 Å². The van der Waals surface area contributed by atoms with E-state index < -0.39 is 0 Å². The van der Waals surface area contributed by atoms with Crippen molar-refractivity contribution in [1.29, 1.82) is 0 Å². The highest BCUT2D eigenvalue weighted by Gasteiger charge is 2.00. The molecule has 0 aliphatic rings. The largest absolute Gasteiger partial charge is 0.356 e. The molecule has 2 rings (SSSR count). The summed E-state index contributed by atoms with van der Waals surface area (Å²) in [7, 11) is 0. The molecule has 84 valence electrons. The summed E-state index contributed by atoms with van der Waals surface area (Å²) in [6.07, 6.45) is 0. The van der Waals surface area contributed by atoms with E-state index in [0.29, 0.717) is 6.54 Å². The van der Waals surface area contributed by atoms with Crippen LogP contribution in [0.15, 0.2) is 35.4 Å². The number of rotatable bonds is 4. The van der Waals surface area contributed by atoms with Gasteiger partial charge in [0.2, 0.25) is 5.91 Å². The Balaban J connectivity index is 1.92. The van der Waals surface area contributed by atoms with E-state index in [1.54, 1.807) is 11.8 Å². The third kappa shape index (κ3) is 2.79. The summed E-state index contributed by atoms with van der Waals surface area (Å²) in [5.41, 5.74) is 1.16. The molecule has 2 N–H and O–H groups in total. The number of hydrogen-bond donors (Lipinski definition) is 2. The zero-order valence-electron chi connectivity index (χ0n) is 9.12. The van der Waals surface area contributed by atoms with Crippen LogP contribution in [-0.4, -0.2) is 23.2 Å². The lowest BCUT2D eigenvalue weighted by molar-refractivity contribution is -0.118. The fourth-order valence-electron chi connectivity index (χ4n) is 1.51. The highest BCUT2D eigenvalue weighted by molar-refractivity contribution is 7.99. The molecule has 0 bridgehead atoms. The quantitative estimate of drug-likeness (QED) is 0.630. The molecule has 2 aromatic rings. The smallest absolute Gasteiger partial charge is 0.216 e. The van der Waals surface area contributed by atoms with Gasteiger partial charge in [0.1, 0.15) is 0 Å². The van der Waals surface area contributed by atoms with Crippen LogP contribution in [0.25, 0.3) is 10.9 Å². The molecule has 1 heterocycles. The summed E-state index contributed by atoms with van der Waals surface area (Å²) in [4.78, 5) is 14.0. The van der Waals surface area contributed by atoms with Crippen LogP contribution in [0.2, 0.25) is 0 Å². The van der Waals surface area contributed by atoms with E-state index >= 15 is 0 Å². The normalized spacial score (nSPS) is 10.6. The predicted octanol–water partition coefficient (Wildman–Crippen LogP) is 2.40. The molecule has 0 fully saturated rings. The predicted molar refractivity (Wildman–Crippen MR) is 67.7 cm³/mol. The van der Waals surface area contributed by atoms with Crippen LogP contribution in [0.5, 0.6) is 0 Å². The Kier molecular flexibility index (Phi) is 3.51. The number of benzene rings is 1. The molecule has 0 radical (unpaired) electrons. The van der Waals surface area contributed by atoms with Crippen molar-refractivity contribution in [2.45, 2.75) is 11.9 Å². The minimum absolute atomic E-state index is 0.0252. The van der Waals surface area contributed by atoms with E-state index in [0.717, 1.165) is 16.3 Å². The molecule has 0 spiro atoms. The minimum Gasteiger partial charge on any atom is -0.356 e. The Morgan fingerprint density at radius 3 is 3.00 bits per heavy atom. The number of amides is 1. The highest BCUT2D eigenvalue weighted by Crippen LogP contribution is 2.22. The summed E-state index contributed by atoms with van der Waals surface area (Å²) < 4.78 is 0. The Labute approximate surface area is 98.6 Å². The molecular weight excluding hydrogens is 220 g/mol. The van der Waals surface area contributed by atoms with Crippen molar-refractivity contribution in [1.82, 2.24) is 10.3 Å². The summed E-state index contributed by atoms with van der Waals surface area (Å²) in [6, 6.07) is 10.3. The highest BCUT2D eigenvalue weighted by atomic mass is 32.2. The van der Waals surface area contributed by atoms with Crippen molar-refractivity contribution >= 4 is 28.6 Å². The van der Waals surface area contributed by atoms with E-state index in [9.17, 15) is 4.79 Å². The maximum atomic E-state index is 10.7. The lowest BCUT2D eigenvalue weighted by Gasteiger charge is -1.99. The van der Waals surface area contributed by atoms with Gasteiger partial charge in [-0.25, -0.2) is 0 Å². The van der Waals surface area contributed by atoms with Gasteiger partial charge in [-0.05, 0) is 12.1 Å². The monoisotopic (exact) mass is 234 g/mol. The lowest BCUT2D eigenvalue weighted by atomic mass is 10.3. The van der Waals surface area contributed by atoms with Crippen LogP contribution in [0.4, 0.5) is 0 Å². The topological polar surface area (TPSA) is 44.9 Å². The van der Waals surface area contributed by atoms with E-state index in [4.69, 9.17) is 0 Å². The zero-order valence-corrected chi connectivity index (χ0v) is 9.93. The summed E-state index contributed by atoms with van der Waals surface area (Å²) in [5, 5.41) is 5.15. The van der Waals surface area contributed by atoms with Crippen molar-refractivity contribution in [3.63, 3.8) is 0 Å². The van der Waals surface area contributed by atoms with Crippen molar-refractivity contribution in [3.8, 4) is 0 Å². The minimum atomic E-state index is 0.0252. The molecule has 1 aromatic carbocycles. The number of fused-ring (bicyclic) bond motifs is 1. The van der Waals surface area contributed by atoms with Crippen LogP contribution in [0.1, 0.15) is 6.92 Å².